The smallest absolute Gasteiger partial charge is 0.191 e. The van der Waals surface area contributed by atoms with Gasteiger partial charge in [0.2, 0.25) is 0 Å². The molecule has 0 amide bonds. The third-order valence-electron chi connectivity index (χ3n) is 3.79. The summed E-state index contributed by atoms with van der Waals surface area (Å²) in [4.78, 5) is 4.68. The third-order valence-corrected chi connectivity index (χ3v) is 5.04. The van der Waals surface area contributed by atoms with E-state index in [-0.39, 0.29) is 28.7 Å². The van der Waals surface area contributed by atoms with Crippen LogP contribution in [0, 0.1) is 0 Å². The van der Waals surface area contributed by atoms with Crippen LogP contribution in [0.2, 0.25) is 0 Å². The fraction of sp³-hybridized carbons (Fsp3) is 0.611. The number of nitrogens with zero attached hydrogens (tertiary/aromatic N) is 1. The van der Waals surface area contributed by atoms with Crippen LogP contribution in [0.1, 0.15) is 26.3 Å². The molecule has 150 valence electrons. The van der Waals surface area contributed by atoms with Crippen LogP contribution >= 0.6 is 35.7 Å². The zero-order chi connectivity index (χ0) is 18.9. The Morgan fingerprint density at radius 1 is 1.08 bits per heavy atom. The van der Waals surface area contributed by atoms with E-state index in [2.05, 4.69) is 35.7 Å². The van der Waals surface area contributed by atoms with Crippen molar-refractivity contribution in [1.82, 2.24) is 10.6 Å². The number of halogens is 1. The summed E-state index contributed by atoms with van der Waals surface area (Å²) in [6.07, 6.45) is 2.11. The van der Waals surface area contributed by atoms with E-state index in [1.807, 2.05) is 30.8 Å². The predicted molar refractivity (Wildman–Crippen MR) is 122 cm³/mol. The molecule has 0 aromatic heterocycles. The van der Waals surface area contributed by atoms with Crippen LogP contribution in [-0.2, 0) is 6.54 Å². The number of guanidine groups is 1. The lowest BCUT2D eigenvalue weighted by Crippen LogP contribution is -2.43. The van der Waals surface area contributed by atoms with Gasteiger partial charge in [0.1, 0.15) is 17.2 Å². The van der Waals surface area contributed by atoms with Gasteiger partial charge in [-0.05, 0) is 27.0 Å². The van der Waals surface area contributed by atoms with Gasteiger partial charge in [-0.3, -0.25) is 0 Å². The molecule has 0 atom stereocenters. The molecule has 1 rings (SSSR count). The Morgan fingerprint density at radius 2 is 1.65 bits per heavy atom. The Morgan fingerprint density at radius 3 is 2.08 bits per heavy atom. The fourth-order valence-corrected chi connectivity index (χ4v) is 2.32. The Labute approximate surface area is 178 Å². The molecule has 1 aromatic rings. The summed E-state index contributed by atoms with van der Waals surface area (Å²) in [5.41, 5.74) is 0.882. The number of aliphatic imine (C=N–C) groups is 1. The summed E-state index contributed by atoms with van der Waals surface area (Å²) < 4.78 is 16.4. The standard InChI is InChI=1S/C18H31N3O3S.HI/c1-8-19-17(21-12-18(2,3)25-7)20-11-14-15(23-5)9-13(22-4)10-16(14)24-6;/h9-10H,8,11-12H2,1-7H3,(H2,19,20,21);1H. The molecule has 0 unspecified atom stereocenters. The Balaban J connectivity index is 0.00000625. The van der Waals surface area contributed by atoms with Gasteiger partial charge in [-0.25, -0.2) is 4.99 Å². The minimum absolute atomic E-state index is 0. The van der Waals surface area contributed by atoms with Crippen molar-refractivity contribution < 1.29 is 14.2 Å². The molecule has 2 N–H and O–H groups in total. The van der Waals surface area contributed by atoms with Crippen LogP contribution in [0.5, 0.6) is 17.2 Å². The molecule has 0 aliphatic heterocycles. The van der Waals surface area contributed by atoms with Crippen molar-refractivity contribution in [2.24, 2.45) is 4.99 Å². The summed E-state index contributed by atoms with van der Waals surface area (Å²) >= 11 is 1.82. The Bertz CT molecular complexity index is 558. The molecule has 0 bridgehead atoms. The summed E-state index contributed by atoms with van der Waals surface area (Å²) in [6.45, 7) is 8.49. The lowest BCUT2D eigenvalue weighted by Gasteiger charge is -2.24. The fourth-order valence-electron chi connectivity index (χ4n) is 2.10. The number of ether oxygens (including phenoxy) is 3. The molecule has 0 saturated heterocycles. The molecule has 0 aliphatic carbocycles. The summed E-state index contributed by atoms with van der Waals surface area (Å²) in [6, 6.07) is 3.68. The lowest BCUT2D eigenvalue weighted by molar-refractivity contribution is 0.369. The summed E-state index contributed by atoms with van der Waals surface area (Å²) in [7, 11) is 4.88. The van der Waals surface area contributed by atoms with E-state index in [0.29, 0.717) is 23.8 Å². The van der Waals surface area contributed by atoms with Crippen molar-refractivity contribution in [3.05, 3.63) is 17.7 Å². The SMILES string of the molecule is CCNC(=NCc1c(OC)cc(OC)cc1OC)NCC(C)(C)SC.I. The molecule has 0 spiro atoms. The van der Waals surface area contributed by atoms with Crippen LogP contribution in [0.15, 0.2) is 17.1 Å². The van der Waals surface area contributed by atoms with Gasteiger partial charge in [0, 0.05) is 30.0 Å². The van der Waals surface area contributed by atoms with Crippen LogP contribution in [-0.4, -0.2) is 51.4 Å². The zero-order valence-electron chi connectivity index (χ0n) is 16.8. The van der Waals surface area contributed by atoms with Crippen molar-refractivity contribution in [1.29, 1.82) is 0 Å². The first kappa shape index (κ1) is 25.0. The maximum atomic E-state index is 5.48. The summed E-state index contributed by atoms with van der Waals surface area (Å²) in [5, 5.41) is 6.66. The second kappa shape index (κ2) is 12.4. The average molecular weight is 497 g/mol. The highest BCUT2D eigenvalue weighted by Gasteiger charge is 2.17. The molecule has 0 fully saturated rings. The molecular weight excluding hydrogens is 465 g/mol. The highest BCUT2D eigenvalue weighted by molar-refractivity contribution is 14.0. The van der Waals surface area contributed by atoms with Crippen LogP contribution in [0.4, 0.5) is 0 Å². The van der Waals surface area contributed by atoms with Crippen LogP contribution < -0.4 is 24.8 Å². The highest BCUT2D eigenvalue weighted by Crippen LogP contribution is 2.34. The molecule has 26 heavy (non-hydrogen) atoms. The van der Waals surface area contributed by atoms with Crippen molar-refractivity contribution in [3.8, 4) is 17.2 Å². The third kappa shape index (κ3) is 7.69. The Kier molecular flexibility index (Phi) is 11.9. The number of thioether (sulfide) groups is 1. The molecule has 1 aromatic carbocycles. The van der Waals surface area contributed by atoms with Crippen molar-refractivity contribution in [3.63, 3.8) is 0 Å². The highest BCUT2D eigenvalue weighted by atomic mass is 127. The minimum atomic E-state index is 0. The first-order valence-corrected chi connectivity index (χ1v) is 9.49. The maximum absolute atomic E-state index is 5.48. The Hall–Kier alpha value is -1.03. The van der Waals surface area contributed by atoms with Gasteiger partial charge in [0.25, 0.3) is 0 Å². The summed E-state index contributed by atoms with van der Waals surface area (Å²) in [5.74, 6) is 2.85. The van der Waals surface area contributed by atoms with E-state index in [4.69, 9.17) is 14.2 Å². The molecule has 6 nitrogen and oxygen atoms in total. The van der Waals surface area contributed by atoms with E-state index in [1.165, 1.54) is 0 Å². The number of benzene rings is 1. The van der Waals surface area contributed by atoms with Crippen LogP contribution in [0.3, 0.4) is 0 Å². The molecule has 8 heteroatoms. The number of hydrogen-bond acceptors (Lipinski definition) is 5. The van der Waals surface area contributed by atoms with Gasteiger partial charge < -0.3 is 24.8 Å². The van der Waals surface area contributed by atoms with Gasteiger partial charge in [-0.1, -0.05) is 0 Å². The van der Waals surface area contributed by atoms with E-state index in [0.717, 1.165) is 24.6 Å². The van der Waals surface area contributed by atoms with E-state index in [9.17, 15) is 0 Å². The van der Waals surface area contributed by atoms with Gasteiger partial charge in [0.15, 0.2) is 5.96 Å². The molecular formula is C18H32IN3O3S. The second-order valence-corrected chi connectivity index (χ2v) is 7.54. The number of hydrogen-bond donors (Lipinski definition) is 2. The van der Waals surface area contributed by atoms with Gasteiger partial charge >= 0.3 is 0 Å². The zero-order valence-corrected chi connectivity index (χ0v) is 19.9. The van der Waals surface area contributed by atoms with Crippen molar-refractivity contribution in [2.45, 2.75) is 32.1 Å². The lowest BCUT2D eigenvalue weighted by atomic mass is 10.1. The molecule has 0 heterocycles. The van der Waals surface area contributed by atoms with Crippen molar-refractivity contribution in [2.75, 3.05) is 40.7 Å². The molecule has 0 aliphatic rings. The second-order valence-electron chi connectivity index (χ2n) is 6.02. The van der Waals surface area contributed by atoms with E-state index in [1.54, 1.807) is 21.3 Å². The number of nitrogens with one attached hydrogen (secondary N) is 2. The maximum Gasteiger partial charge on any atom is 0.191 e. The number of methoxy groups -OCH3 is 3. The molecule has 0 saturated carbocycles. The molecule has 0 radical (unpaired) electrons. The topological polar surface area (TPSA) is 64.1 Å². The number of rotatable bonds is 9. The monoisotopic (exact) mass is 497 g/mol. The predicted octanol–water partition coefficient (Wildman–Crippen LogP) is 3.53. The van der Waals surface area contributed by atoms with Gasteiger partial charge in [-0.15, -0.1) is 24.0 Å². The first-order chi connectivity index (χ1) is 11.9. The average Bonchev–Trinajstić information content (AvgIpc) is 2.63. The van der Waals surface area contributed by atoms with Gasteiger partial charge in [-0.2, -0.15) is 11.8 Å². The van der Waals surface area contributed by atoms with E-state index < -0.39 is 0 Å². The normalized spacial score (nSPS) is 11.4. The van der Waals surface area contributed by atoms with Crippen LogP contribution in [0.25, 0.3) is 0 Å². The first-order valence-electron chi connectivity index (χ1n) is 8.27. The van der Waals surface area contributed by atoms with E-state index >= 15 is 0 Å². The quantitative estimate of drug-likeness (QED) is 0.309. The largest absolute Gasteiger partial charge is 0.496 e. The van der Waals surface area contributed by atoms with Crippen molar-refractivity contribution >= 4 is 41.7 Å². The van der Waals surface area contributed by atoms with Gasteiger partial charge in [0.05, 0.1) is 33.4 Å². The minimum Gasteiger partial charge on any atom is -0.496 e.